The molecule has 0 saturated carbocycles. The van der Waals surface area contributed by atoms with E-state index in [1.165, 1.54) is 0 Å². The van der Waals surface area contributed by atoms with Crippen molar-refractivity contribution in [1.82, 2.24) is 10.1 Å². The zero-order valence-corrected chi connectivity index (χ0v) is 17.5. The van der Waals surface area contributed by atoms with E-state index in [1.807, 2.05) is 60.7 Å². The summed E-state index contributed by atoms with van der Waals surface area (Å²) in [7, 11) is 3.23. The van der Waals surface area contributed by atoms with Crippen LogP contribution in [0.1, 0.15) is 5.56 Å². The largest absolute Gasteiger partial charge is 0.497 e. The van der Waals surface area contributed by atoms with Crippen LogP contribution in [0.4, 0.5) is 0 Å². The van der Waals surface area contributed by atoms with E-state index in [2.05, 4.69) is 10.1 Å². The van der Waals surface area contributed by atoms with E-state index < -0.39 is 0 Å². The third kappa shape index (κ3) is 4.02. The number of hydrogen-bond acceptors (Lipinski definition) is 8. The zero-order chi connectivity index (χ0) is 21.9. The lowest BCUT2D eigenvalue weighted by Gasteiger charge is -2.10. The van der Waals surface area contributed by atoms with Crippen molar-refractivity contribution < 1.29 is 28.2 Å². The van der Waals surface area contributed by atoms with Gasteiger partial charge >= 0.3 is 0 Å². The van der Waals surface area contributed by atoms with Gasteiger partial charge in [0.05, 0.1) is 14.2 Å². The van der Waals surface area contributed by atoms with Crippen LogP contribution in [-0.4, -0.2) is 31.2 Å². The molecule has 0 fully saturated rings. The number of nitrogens with zero attached hydrogens (tertiary/aromatic N) is 2. The molecule has 0 unspecified atom stereocenters. The summed E-state index contributed by atoms with van der Waals surface area (Å²) in [6.07, 6.45) is 0. The highest BCUT2D eigenvalue weighted by molar-refractivity contribution is 5.64. The van der Waals surface area contributed by atoms with Gasteiger partial charge in [-0.05, 0) is 48.0 Å². The Hall–Kier alpha value is -4.20. The molecule has 8 heteroatoms. The number of aromatic nitrogens is 2. The molecule has 0 bridgehead atoms. The summed E-state index contributed by atoms with van der Waals surface area (Å²) >= 11 is 0. The van der Waals surface area contributed by atoms with Gasteiger partial charge in [-0.2, -0.15) is 4.98 Å². The lowest BCUT2D eigenvalue weighted by Crippen LogP contribution is -1.97. The summed E-state index contributed by atoms with van der Waals surface area (Å²) in [4.78, 5) is 4.52. The van der Waals surface area contributed by atoms with Crippen LogP contribution in [0.25, 0.3) is 22.8 Å². The van der Waals surface area contributed by atoms with Crippen LogP contribution in [0.15, 0.2) is 65.2 Å². The number of hydrogen-bond donors (Lipinski definition) is 0. The van der Waals surface area contributed by atoms with Crippen molar-refractivity contribution in [2.24, 2.45) is 0 Å². The average molecular weight is 432 g/mol. The molecule has 4 aromatic rings. The second-order valence-corrected chi connectivity index (χ2v) is 7.03. The molecule has 5 rings (SSSR count). The molecular weight excluding hydrogens is 412 g/mol. The smallest absolute Gasteiger partial charge is 0.258 e. The van der Waals surface area contributed by atoms with Gasteiger partial charge in [-0.25, -0.2) is 0 Å². The Morgan fingerprint density at radius 2 is 1.62 bits per heavy atom. The molecule has 1 aromatic heterocycles. The van der Waals surface area contributed by atoms with Crippen molar-refractivity contribution in [3.63, 3.8) is 0 Å². The SMILES string of the molecule is COc1cc(COc2cccc(-c3noc(-c4ccc5c(c4)OCO5)n3)c2)cc(OC)c1. The van der Waals surface area contributed by atoms with Crippen molar-refractivity contribution in [1.29, 1.82) is 0 Å². The first kappa shape index (κ1) is 19.7. The van der Waals surface area contributed by atoms with E-state index in [4.69, 9.17) is 28.2 Å². The molecule has 0 spiro atoms. The van der Waals surface area contributed by atoms with Gasteiger partial charge in [-0.1, -0.05) is 17.3 Å². The number of rotatable bonds is 7. The van der Waals surface area contributed by atoms with Crippen LogP contribution in [0.5, 0.6) is 28.7 Å². The standard InChI is InChI=1S/C24H20N2O6/c1-27-19-8-15(9-20(12-19)28-2)13-29-18-5-3-4-16(10-18)23-25-24(32-26-23)17-6-7-21-22(11-17)31-14-30-21/h3-12H,13-14H2,1-2H3. The summed E-state index contributed by atoms with van der Waals surface area (Å²) in [6, 6.07) is 18.6. The molecule has 162 valence electrons. The van der Waals surface area contributed by atoms with Gasteiger partial charge in [0.15, 0.2) is 11.5 Å². The van der Waals surface area contributed by atoms with Gasteiger partial charge in [0.1, 0.15) is 23.9 Å². The van der Waals surface area contributed by atoms with Crippen molar-refractivity contribution in [3.05, 3.63) is 66.2 Å². The molecule has 32 heavy (non-hydrogen) atoms. The predicted molar refractivity (Wildman–Crippen MR) is 115 cm³/mol. The van der Waals surface area contributed by atoms with Crippen LogP contribution >= 0.6 is 0 Å². The van der Waals surface area contributed by atoms with E-state index in [0.717, 1.165) is 16.7 Å². The molecule has 0 radical (unpaired) electrons. The molecule has 8 nitrogen and oxygen atoms in total. The molecule has 1 aliphatic rings. The Morgan fingerprint density at radius 1 is 0.812 bits per heavy atom. The molecule has 1 aliphatic heterocycles. The van der Waals surface area contributed by atoms with Crippen LogP contribution in [-0.2, 0) is 6.61 Å². The molecular formula is C24H20N2O6. The van der Waals surface area contributed by atoms with E-state index in [1.54, 1.807) is 14.2 Å². The highest BCUT2D eigenvalue weighted by Gasteiger charge is 2.17. The van der Waals surface area contributed by atoms with Gasteiger partial charge < -0.3 is 28.2 Å². The Morgan fingerprint density at radius 3 is 2.44 bits per heavy atom. The maximum Gasteiger partial charge on any atom is 0.258 e. The molecule has 0 atom stereocenters. The van der Waals surface area contributed by atoms with Gasteiger partial charge in [0, 0.05) is 17.2 Å². The number of fused-ring (bicyclic) bond motifs is 1. The zero-order valence-electron chi connectivity index (χ0n) is 17.5. The maximum absolute atomic E-state index is 5.97. The lowest BCUT2D eigenvalue weighted by atomic mass is 10.2. The minimum absolute atomic E-state index is 0.212. The predicted octanol–water partition coefficient (Wildman–Crippen LogP) is 4.73. The van der Waals surface area contributed by atoms with Gasteiger partial charge in [0.2, 0.25) is 12.6 Å². The van der Waals surface area contributed by atoms with Crippen LogP contribution in [0, 0.1) is 0 Å². The number of benzene rings is 3. The Kier molecular flexibility index (Phi) is 5.25. The topological polar surface area (TPSA) is 85.1 Å². The van der Waals surface area contributed by atoms with Crippen molar-refractivity contribution in [3.8, 4) is 51.6 Å². The van der Waals surface area contributed by atoms with Gasteiger partial charge in [0.25, 0.3) is 5.89 Å². The number of methoxy groups -OCH3 is 2. The van der Waals surface area contributed by atoms with Crippen molar-refractivity contribution in [2.75, 3.05) is 21.0 Å². The van der Waals surface area contributed by atoms with Crippen LogP contribution < -0.4 is 23.7 Å². The maximum atomic E-state index is 5.97. The number of ether oxygens (including phenoxy) is 5. The third-order valence-electron chi connectivity index (χ3n) is 4.95. The highest BCUT2D eigenvalue weighted by atomic mass is 16.7. The third-order valence-corrected chi connectivity index (χ3v) is 4.95. The summed E-state index contributed by atoms with van der Waals surface area (Å²) in [6.45, 7) is 0.564. The summed E-state index contributed by atoms with van der Waals surface area (Å²) in [5.41, 5.74) is 2.46. The Balaban J connectivity index is 1.33. The summed E-state index contributed by atoms with van der Waals surface area (Å²) in [5, 5.41) is 4.11. The van der Waals surface area contributed by atoms with Crippen molar-refractivity contribution in [2.45, 2.75) is 6.61 Å². The fourth-order valence-electron chi connectivity index (χ4n) is 3.33. The van der Waals surface area contributed by atoms with Crippen LogP contribution in [0.3, 0.4) is 0 Å². The highest BCUT2D eigenvalue weighted by Crippen LogP contribution is 2.36. The molecule has 2 heterocycles. The first-order chi connectivity index (χ1) is 15.7. The molecule has 3 aromatic carbocycles. The van der Waals surface area contributed by atoms with Gasteiger partial charge in [-0.3, -0.25) is 0 Å². The fourth-order valence-corrected chi connectivity index (χ4v) is 3.33. The Bertz CT molecular complexity index is 1230. The molecule has 0 aliphatic carbocycles. The second-order valence-electron chi connectivity index (χ2n) is 7.03. The first-order valence-corrected chi connectivity index (χ1v) is 9.91. The molecule has 0 N–H and O–H groups in total. The molecule has 0 amide bonds. The van der Waals surface area contributed by atoms with Crippen molar-refractivity contribution >= 4 is 0 Å². The Labute approximate surface area is 184 Å². The van der Waals surface area contributed by atoms with E-state index in [0.29, 0.717) is 47.1 Å². The quantitative estimate of drug-likeness (QED) is 0.414. The van der Waals surface area contributed by atoms with Crippen LogP contribution in [0.2, 0.25) is 0 Å². The summed E-state index contributed by atoms with van der Waals surface area (Å²) in [5.74, 6) is 4.32. The molecule has 0 saturated heterocycles. The minimum Gasteiger partial charge on any atom is -0.497 e. The van der Waals surface area contributed by atoms with E-state index in [9.17, 15) is 0 Å². The fraction of sp³-hybridized carbons (Fsp3) is 0.167. The minimum atomic E-state index is 0.212. The van der Waals surface area contributed by atoms with E-state index >= 15 is 0 Å². The average Bonchev–Trinajstić information content (AvgIpc) is 3.52. The van der Waals surface area contributed by atoms with Gasteiger partial charge in [-0.15, -0.1) is 0 Å². The first-order valence-electron chi connectivity index (χ1n) is 9.91. The lowest BCUT2D eigenvalue weighted by molar-refractivity contribution is 0.174. The monoisotopic (exact) mass is 432 g/mol. The second kappa shape index (κ2) is 8.50. The summed E-state index contributed by atoms with van der Waals surface area (Å²) < 4.78 is 32.8. The van der Waals surface area contributed by atoms with E-state index in [-0.39, 0.29) is 6.79 Å². The normalized spacial score (nSPS) is 11.9.